The fourth-order valence-corrected chi connectivity index (χ4v) is 3.98. The van der Waals surface area contributed by atoms with Crippen molar-refractivity contribution in [3.05, 3.63) is 83.9 Å². The number of unbranched alkanes of at least 4 members (excludes halogenated alkanes) is 1. The number of phenols is 1. The number of aromatic hydroxyl groups is 1. The quantitative estimate of drug-likeness (QED) is 0.351. The summed E-state index contributed by atoms with van der Waals surface area (Å²) in [6.45, 7) is 3.41. The van der Waals surface area contributed by atoms with Crippen molar-refractivity contribution in [3.63, 3.8) is 0 Å². The third-order valence-corrected chi connectivity index (χ3v) is 5.89. The van der Waals surface area contributed by atoms with Gasteiger partial charge in [0, 0.05) is 25.1 Å². The van der Waals surface area contributed by atoms with E-state index >= 15 is 0 Å². The zero-order valence-electron chi connectivity index (χ0n) is 19.3. The summed E-state index contributed by atoms with van der Waals surface area (Å²) in [6, 6.07) is 23.4. The van der Waals surface area contributed by atoms with Gasteiger partial charge in [-0.25, -0.2) is 0 Å². The molecule has 0 aliphatic rings. The first-order valence-corrected chi connectivity index (χ1v) is 11.6. The Labute approximate surface area is 199 Å². The van der Waals surface area contributed by atoms with Crippen molar-refractivity contribution in [2.45, 2.75) is 39.2 Å². The van der Waals surface area contributed by atoms with Crippen LogP contribution in [0, 0.1) is 0 Å². The number of H-pyrrole nitrogens is 1. The number of rotatable bonds is 10. The topological polar surface area (TPSA) is 95.0 Å². The molecule has 0 bridgehead atoms. The molecule has 1 heterocycles. The van der Waals surface area contributed by atoms with Gasteiger partial charge in [-0.15, -0.1) is 10.2 Å². The summed E-state index contributed by atoms with van der Waals surface area (Å²) >= 11 is 0. The van der Waals surface area contributed by atoms with E-state index in [1.54, 1.807) is 12.1 Å². The largest absolute Gasteiger partial charge is 0.508 e. The molecule has 1 aromatic heterocycles. The Bertz CT molecular complexity index is 1210. The SMILES string of the molecule is CCCCN(Cc1ccc(-c2ccccc2-c2nn[nH]n2)cc1)C(=O)CCc1ccccc1O. The van der Waals surface area contributed by atoms with Gasteiger partial charge in [0.15, 0.2) is 0 Å². The van der Waals surface area contributed by atoms with Crippen LogP contribution in [0.2, 0.25) is 0 Å². The molecule has 0 saturated heterocycles. The number of phenolic OH excluding ortho intramolecular Hbond substituents is 1. The Morgan fingerprint density at radius 1 is 0.971 bits per heavy atom. The molecule has 34 heavy (non-hydrogen) atoms. The van der Waals surface area contributed by atoms with Crippen LogP contribution in [0.1, 0.15) is 37.3 Å². The number of nitrogens with one attached hydrogen (secondary N) is 1. The molecule has 0 unspecified atom stereocenters. The van der Waals surface area contributed by atoms with Crippen LogP contribution in [-0.4, -0.2) is 43.1 Å². The standard InChI is InChI=1S/C27H29N5O2/c1-2-3-18-32(26(34)17-16-22-8-4-7-11-25(22)33)19-20-12-14-21(15-13-20)23-9-5-6-10-24(23)27-28-30-31-29-27/h4-15,33H,2-3,16-19H2,1H3,(H,28,29,30,31). The Balaban J connectivity index is 1.47. The first kappa shape index (κ1) is 23.2. The van der Waals surface area contributed by atoms with Gasteiger partial charge in [-0.2, -0.15) is 5.21 Å². The number of aromatic amines is 1. The molecule has 4 rings (SSSR count). The molecule has 174 valence electrons. The Morgan fingerprint density at radius 3 is 2.41 bits per heavy atom. The molecule has 0 spiro atoms. The Morgan fingerprint density at radius 2 is 1.71 bits per heavy atom. The Hall–Kier alpha value is -4.00. The maximum absolute atomic E-state index is 13.0. The lowest BCUT2D eigenvalue weighted by molar-refractivity contribution is -0.131. The van der Waals surface area contributed by atoms with Crippen LogP contribution in [-0.2, 0) is 17.8 Å². The Kier molecular flexibility index (Phi) is 7.65. The van der Waals surface area contributed by atoms with Crippen LogP contribution < -0.4 is 0 Å². The first-order chi connectivity index (χ1) is 16.7. The number of benzene rings is 3. The van der Waals surface area contributed by atoms with E-state index < -0.39 is 0 Å². The smallest absolute Gasteiger partial charge is 0.223 e. The molecule has 1 amide bonds. The minimum Gasteiger partial charge on any atom is -0.508 e. The van der Waals surface area contributed by atoms with Crippen molar-refractivity contribution in [2.75, 3.05) is 6.54 Å². The van der Waals surface area contributed by atoms with Gasteiger partial charge in [0.1, 0.15) is 5.75 Å². The summed E-state index contributed by atoms with van der Waals surface area (Å²) in [5.41, 5.74) is 4.86. The zero-order valence-corrected chi connectivity index (χ0v) is 19.3. The predicted molar refractivity (Wildman–Crippen MR) is 132 cm³/mol. The van der Waals surface area contributed by atoms with Gasteiger partial charge in [-0.3, -0.25) is 4.79 Å². The van der Waals surface area contributed by atoms with Gasteiger partial charge in [0.2, 0.25) is 11.7 Å². The number of hydrogen-bond donors (Lipinski definition) is 2. The van der Waals surface area contributed by atoms with Crippen molar-refractivity contribution in [3.8, 4) is 28.3 Å². The fourth-order valence-electron chi connectivity index (χ4n) is 3.98. The highest BCUT2D eigenvalue weighted by atomic mass is 16.3. The van der Waals surface area contributed by atoms with Gasteiger partial charge in [0.05, 0.1) is 0 Å². The molecular formula is C27H29N5O2. The van der Waals surface area contributed by atoms with Gasteiger partial charge < -0.3 is 10.0 Å². The lowest BCUT2D eigenvalue weighted by Crippen LogP contribution is -2.31. The van der Waals surface area contributed by atoms with Gasteiger partial charge in [-0.05, 0) is 46.4 Å². The average Bonchev–Trinajstić information content (AvgIpc) is 3.41. The summed E-state index contributed by atoms with van der Waals surface area (Å²) in [5.74, 6) is 0.899. The number of tetrazole rings is 1. The molecule has 0 saturated carbocycles. The van der Waals surface area contributed by atoms with E-state index in [-0.39, 0.29) is 11.7 Å². The summed E-state index contributed by atoms with van der Waals surface area (Å²) in [7, 11) is 0. The number of hydrogen-bond acceptors (Lipinski definition) is 5. The summed E-state index contributed by atoms with van der Waals surface area (Å²) < 4.78 is 0. The number of carbonyl (C=O) groups is 1. The molecule has 7 heteroatoms. The van der Waals surface area contributed by atoms with Crippen molar-refractivity contribution in [1.82, 2.24) is 25.5 Å². The van der Waals surface area contributed by atoms with E-state index in [2.05, 4.69) is 51.8 Å². The second kappa shape index (κ2) is 11.2. The van der Waals surface area contributed by atoms with Crippen molar-refractivity contribution in [2.24, 2.45) is 0 Å². The predicted octanol–water partition coefficient (Wildman–Crippen LogP) is 5.00. The van der Waals surface area contributed by atoms with E-state index in [4.69, 9.17) is 0 Å². The normalized spacial score (nSPS) is 10.9. The molecule has 0 aliphatic carbocycles. The maximum Gasteiger partial charge on any atom is 0.223 e. The van der Waals surface area contributed by atoms with Crippen LogP contribution in [0.4, 0.5) is 0 Å². The lowest BCUT2D eigenvalue weighted by Gasteiger charge is -2.23. The third kappa shape index (κ3) is 5.67. The van der Waals surface area contributed by atoms with E-state index in [0.29, 0.717) is 25.2 Å². The van der Waals surface area contributed by atoms with Gasteiger partial charge in [0.25, 0.3) is 0 Å². The number of para-hydroxylation sites is 1. The van der Waals surface area contributed by atoms with E-state index in [1.807, 2.05) is 41.3 Å². The van der Waals surface area contributed by atoms with Crippen LogP contribution in [0.5, 0.6) is 5.75 Å². The molecular weight excluding hydrogens is 426 g/mol. The average molecular weight is 456 g/mol. The second-order valence-corrected chi connectivity index (χ2v) is 8.28. The number of carbonyl (C=O) groups excluding carboxylic acids is 1. The molecule has 0 fully saturated rings. The fraction of sp³-hybridized carbons (Fsp3) is 0.259. The maximum atomic E-state index is 13.0. The molecule has 4 aromatic rings. The molecule has 0 radical (unpaired) electrons. The monoisotopic (exact) mass is 455 g/mol. The van der Waals surface area contributed by atoms with E-state index in [0.717, 1.165) is 47.2 Å². The highest BCUT2D eigenvalue weighted by Crippen LogP contribution is 2.30. The summed E-state index contributed by atoms with van der Waals surface area (Å²) in [5, 5.41) is 24.4. The number of nitrogens with zero attached hydrogens (tertiary/aromatic N) is 4. The van der Waals surface area contributed by atoms with Crippen molar-refractivity contribution >= 4 is 5.91 Å². The van der Waals surface area contributed by atoms with Crippen LogP contribution >= 0.6 is 0 Å². The van der Waals surface area contributed by atoms with E-state index in [1.165, 1.54) is 0 Å². The number of aryl methyl sites for hydroxylation is 1. The highest BCUT2D eigenvalue weighted by molar-refractivity contribution is 5.80. The summed E-state index contributed by atoms with van der Waals surface area (Å²) in [6.07, 6.45) is 2.88. The van der Waals surface area contributed by atoms with Crippen LogP contribution in [0.15, 0.2) is 72.8 Å². The number of amides is 1. The van der Waals surface area contributed by atoms with Crippen LogP contribution in [0.25, 0.3) is 22.5 Å². The van der Waals surface area contributed by atoms with Crippen molar-refractivity contribution < 1.29 is 9.90 Å². The lowest BCUT2D eigenvalue weighted by atomic mass is 9.98. The summed E-state index contributed by atoms with van der Waals surface area (Å²) in [4.78, 5) is 14.9. The minimum atomic E-state index is 0.100. The molecule has 3 aromatic carbocycles. The van der Waals surface area contributed by atoms with Crippen LogP contribution in [0.3, 0.4) is 0 Å². The molecule has 0 atom stereocenters. The molecule has 2 N–H and O–H groups in total. The first-order valence-electron chi connectivity index (χ1n) is 11.6. The van der Waals surface area contributed by atoms with Crippen molar-refractivity contribution in [1.29, 1.82) is 0 Å². The number of aromatic nitrogens is 4. The second-order valence-electron chi connectivity index (χ2n) is 8.28. The highest BCUT2D eigenvalue weighted by Gasteiger charge is 2.15. The van der Waals surface area contributed by atoms with Gasteiger partial charge in [-0.1, -0.05) is 80.1 Å². The van der Waals surface area contributed by atoms with Gasteiger partial charge >= 0.3 is 0 Å². The zero-order chi connectivity index (χ0) is 23.8. The minimum absolute atomic E-state index is 0.100. The third-order valence-electron chi connectivity index (χ3n) is 5.89. The molecule has 0 aliphatic heterocycles. The molecule has 7 nitrogen and oxygen atoms in total. The van der Waals surface area contributed by atoms with E-state index in [9.17, 15) is 9.90 Å².